The largest absolute Gasteiger partial charge is 0.350 e. The molecule has 118 valence electrons. The van der Waals surface area contributed by atoms with Crippen molar-refractivity contribution in [2.24, 2.45) is 0 Å². The van der Waals surface area contributed by atoms with Crippen LogP contribution in [0.25, 0.3) is 10.9 Å². The fourth-order valence-electron chi connectivity index (χ4n) is 2.52. The molecule has 0 atom stereocenters. The van der Waals surface area contributed by atoms with Gasteiger partial charge in [-0.2, -0.15) is 0 Å². The molecule has 3 rings (SSSR count). The van der Waals surface area contributed by atoms with Crippen LogP contribution >= 0.6 is 11.6 Å². The highest BCUT2D eigenvalue weighted by atomic mass is 35.5. The lowest BCUT2D eigenvalue weighted by Crippen LogP contribution is -2.37. The highest BCUT2D eigenvalue weighted by Crippen LogP contribution is 2.24. The molecule has 5 heteroatoms. The molecule has 1 amide bonds. The van der Waals surface area contributed by atoms with E-state index in [1.54, 1.807) is 6.07 Å². The Bertz CT molecular complexity index is 853. The molecular weight excluding hydrogens is 310 g/mol. The second kappa shape index (κ2) is 6.44. The lowest BCUT2D eigenvalue weighted by Gasteiger charge is -2.07. The Balaban J connectivity index is 1.68. The molecule has 1 aromatic heterocycles. The summed E-state index contributed by atoms with van der Waals surface area (Å²) < 4.78 is 0. The summed E-state index contributed by atoms with van der Waals surface area (Å²) in [5.41, 5.74) is 10.3. The zero-order valence-corrected chi connectivity index (χ0v) is 13.8. The number of hydrazine groups is 1. The molecule has 0 saturated carbocycles. The van der Waals surface area contributed by atoms with Crippen molar-refractivity contribution in [3.63, 3.8) is 0 Å². The van der Waals surface area contributed by atoms with E-state index < -0.39 is 0 Å². The fraction of sp³-hybridized carbons (Fsp3) is 0.167. The molecule has 0 fully saturated rings. The van der Waals surface area contributed by atoms with E-state index in [9.17, 15) is 4.79 Å². The van der Waals surface area contributed by atoms with Crippen molar-refractivity contribution in [3.8, 4) is 0 Å². The highest BCUT2D eigenvalue weighted by molar-refractivity contribution is 6.31. The summed E-state index contributed by atoms with van der Waals surface area (Å²) in [5.74, 6) is -0.193. The van der Waals surface area contributed by atoms with Gasteiger partial charge in [0.25, 0.3) is 5.91 Å². The molecule has 0 aliphatic heterocycles. The van der Waals surface area contributed by atoms with Crippen LogP contribution in [-0.4, -0.2) is 10.9 Å². The van der Waals surface area contributed by atoms with Crippen LogP contribution in [0.2, 0.25) is 5.02 Å². The van der Waals surface area contributed by atoms with Crippen LogP contribution in [0.4, 0.5) is 0 Å². The summed E-state index contributed by atoms with van der Waals surface area (Å²) in [6, 6.07) is 13.7. The van der Waals surface area contributed by atoms with Gasteiger partial charge in [-0.05, 0) is 43.2 Å². The predicted molar refractivity (Wildman–Crippen MR) is 93.5 cm³/mol. The molecular formula is C18H18ClN3O. The van der Waals surface area contributed by atoms with Gasteiger partial charge in [0.2, 0.25) is 0 Å². The number of rotatable bonds is 4. The van der Waals surface area contributed by atoms with Gasteiger partial charge in [-0.25, -0.2) is 5.43 Å². The normalized spacial score (nSPS) is 10.9. The van der Waals surface area contributed by atoms with Gasteiger partial charge in [0.05, 0.1) is 0 Å². The molecule has 23 heavy (non-hydrogen) atoms. The number of hydrogen-bond acceptors (Lipinski definition) is 2. The van der Waals surface area contributed by atoms with Gasteiger partial charge in [-0.15, -0.1) is 0 Å². The maximum absolute atomic E-state index is 12.3. The number of halogens is 1. The standard InChI is InChI=1S/C18H18ClN3O/c1-11-3-5-13(6-4-11)10-20-22-18(23)17-12(2)15-9-14(19)7-8-16(15)21-17/h3-9,20-21H,10H2,1-2H3,(H,22,23). The van der Waals surface area contributed by atoms with Crippen molar-refractivity contribution in [1.29, 1.82) is 0 Å². The zero-order chi connectivity index (χ0) is 16.4. The summed E-state index contributed by atoms with van der Waals surface area (Å²) in [6.07, 6.45) is 0. The summed E-state index contributed by atoms with van der Waals surface area (Å²) >= 11 is 6.02. The molecule has 4 nitrogen and oxygen atoms in total. The van der Waals surface area contributed by atoms with E-state index in [1.807, 2.05) is 50.2 Å². The first-order chi connectivity index (χ1) is 11.0. The first-order valence-electron chi connectivity index (χ1n) is 7.41. The third kappa shape index (κ3) is 3.38. The number of nitrogens with one attached hydrogen (secondary N) is 3. The summed E-state index contributed by atoms with van der Waals surface area (Å²) in [5, 5.41) is 1.62. The first kappa shape index (κ1) is 15.6. The Labute approximate surface area is 139 Å². The molecule has 1 heterocycles. The lowest BCUT2D eigenvalue weighted by atomic mass is 10.1. The van der Waals surface area contributed by atoms with E-state index in [2.05, 4.69) is 15.8 Å². The van der Waals surface area contributed by atoms with Crippen molar-refractivity contribution in [3.05, 3.63) is 69.9 Å². The molecule has 0 unspecified atom stereocenters. The molecule has 0 saturated heterocycles. The Kier molecular flexibility index (Phi) is 4.37. The Morgan fingerprint density at radius 1 is 1.13 bits per heavy atom. The van der Waals surface area contributed by atoms with E-state index in [0.717, 1.165) is 22.0 Å². The maximum atomic E-state index is 12.3. The van der Waals surface area contributed by atoms with E-state index in [0.29, 0.717) is 17.3 Å². The number of carbonyl (C=O) groups is 1. The van der Waals surface area contributed by atoms with Crippen molar-refractivity contribution < 1.29 is 4.79 Å². The van der Waals surface area contributed by atoms with Crippen LogP contribution in [0.1, 0.15) is 27.2 Å². The molecule has 3 aromatic rings. The topological polar surface area (TPSA) is 56.9 Å². The minimum Gasteiger partial charge on any atom is -0.350 e. The molecule has 0 spiro atoms. The highest BCUT2D eigenvalue weighted by Gasteiger charge is 2.14. The number of aromatic amines is 1. The molecule has 0 aliphatic rings. The van der Waals surface area contributed by atoms with Crippen molar-refractivity contribution in [2.75, 3.05) is 0 Å². The summed E-state index contributed by atoms with van der Waals surface area (Å²) in [7, 11) is 0. The predicted octanol–water partition coefficient (Wildman–Crippen LogP) is 3.87. The number of carbonyl (C=O) groups excluding carboxylic acids is 1. The van der Waals surface area contributed by atoms with E-state index in [-0.39, 0.29) is 5.91 Å². The minimum absolute atomic E-state index is 0.193. The van der Waals surface area contributed by atoms with Gasteiger partial charge in [0, 0.05) is 22.5 Å². The second-order valence-electron chi connectivity index (χ2n) is 5.61. The van der Waals surface area contributed by atoms with Gasteiger partial charge < -0.3 is 4.98 Å². The van der Waals surface area contributed by atoms with E-state index >= 15 is 0 Å². The summed E-state index contributed by atoms with van der Waals surface area (Å²) in [6.45, 7) is 4.52. The Morgan fingerprint density at radius 2 is 1.87 bits per heavy atom. The molecule has 0 bridgehead atoms. The molecule has 0 radical (unpaired) electrons. The van der Waals surface area contributed by atoms with E-state index in [1.165, 1.54) is 5.56 Å². The number of fused-ring (bicyclic) bond motifs is 1. The van der Waals surface area contributed by atoms with Gasteiger partial charge in [0.1, 0.15) is 5.69 Å². The number of aromatic nitrogens is 1. The van der Waals surface area contributed by atoms with Gasteiger partial charge in [-0.3, -0.25) is 10.2 Å². The SMILES string of the molecule is Cc1ccc(CNNC(=O)c2[nH]c3ccc(Cl)cc3c2C)cc1. The lowest BCUT2D eigenvalue weighted by molar-refractivity contribution is 0.0927. The number of benzene rings is 2. The molecule has 0 aliphatic carbocycles. The average molecular weight is 328 g/mol. The van der Waals surface area contributed by atoms with Crippen molar-refractivity contribution in [2.45, 2.75) is 20.4 Å². The van der Waals surface area contributed by atoms with Crippen LogP contribution in [0.5, 0.6) is 0 Å². The average Bonchev–Trinajstić information content (AvgIpc) is 2.86. The third-order valence-corrected chi connectivity index (χ3v) is 4.10. The molecule has 3 N–H and O–H groups in total. The number of H-pyrrole nitrogens is 1. The number of aryl methyl sites for hydroxylation is 2. The number of amides is 1. The monoisotopic (exact) mass is 327 g/mol. The molecule has 2 aromatic carbocycles. The van der Waals surface area contributed by atoms with Gasteiger partial charge in [-0.1, -0.05) is 41.4 Å². The maximum Gasteiger partial charge on any atom is 0.282 e. The minimum atomic E-state index is -0.193. The van der Waals surface area contributed by atoms with Crippen molar-refractivity contribution in [1.82, 2.24) is 15.8 Å². The third-order valence-electron chi connectivity index (χ3n) is 3.86. The van der Waals surface area contributed by atoms with E-state index in [4.69, 9.17) is 11.6 Å². The van der Waals surface area contributed by atoms with Crippen LogP contribution in [-0.2, 0) is 6.54 Å². The van der Waals surface area contributed by atoms with Gasteiger partial charge in [0.15, 0.2) is 0 Å². The van der Waals surface area contributed by atoms with Crippen molar-refractivity contribution >= 4 is 28.4 Å². The van der Waals surface area contributed by atoms with Crippen LogP contribution < -0.4 is 10.9 Å². The zero-order valence-electron chi connectivity index (χ0n) is 13.0. The van der Waals surface area contributed by atoms with Crippen LogP contribution in [0.3, 0.4) is 0 Å². The fourth-order valence-corrected chi connectivity index (χ4v) is 2.69. The quantitative estimate of drug-likeness (QED) is 0.637. The van der Waals surface area contributed by atoms with Crippen LogP contribution in [0, 0.1) is 13.8 Å². The first-order valence-corrected chi connectivity index (χ1v) is 7.79. The smallest absolute Gasteiger partial charge is 0.282 e. The van der Waals surface area contributed by atoms with Gasteiger partial charge >= 0.3 is 0 Å². The van der Waals surface area contributed by atoms with Crippen LogP contribution in [0.15, 0.2) is 42.5 Å². The Morgan fingerprint density at radius 3 is 2.61 bits per heavy atom. The number of hydrogen-bond donors (Lipinski definition) is 3. The Hall–Kier alpha value is -2.30. The second-order valence-corrected chi connectivity index (χ2v) is 6.04. The summed E-state index contributed by atoms with van der Waals surface area (Å²) in [4.78, 5) is 15.5.